The Hall–Kier alpha value is -3.35. The normalized spacial score (nSPS) is 16.2. The fraction of sp³-hybridized carbons (Fsp3) is 0.375. The van der Waals surface area contributed by atoms with Gasteiger partial charge in [-0.2, -0.15) is 4.98 Å². The average molecular weight is 421 g/mol. The van der Waals surface area contributed by atoms with Gasteiger partial charge in [-0.15, -0.1) is 0 Å². The van der Waals surface area contributed by atoms with Crippen LogP contribution in [0.2, 0.25) is 0 Å². The van der Waals surface area contributed by atoms with Crippen molar-refractivity contribution in [2.75, 3.05) is 31.6 Å². The number of nitrogens with zero attached hydrogens (tertiary/aromatic N) is 3. The summed E-state index contributed by atoms with van der Waals surface area (Å²) < 4.78 is 10.7. The highest BCUT2D eigenvalue weighted by Gasteiger charge is 2.28. The summed E-state index contributed by atoms with van der Waals surface area (Å²) in [5.74, 6) is 1.32. The Kier molecular flexibility index (Phi) is 6.50. The number of aromatic nitrogens is 2. The third-order valence-electron chi connectivity index (χ3n) is 5.66. The third kappa shape index (κ3) is 5.23. The summed E-state index contributed by atoms with van der Waals surface area (Å²) in [5, 5.41) is 7.19. The number of nitrogens with one attached hydrogen (secondary N) is 1. The molecule has 0 radical (unpaired) electrons. The number of amides is 1. The number of hydrogen-bond donors (Lipinski definition) is 1. The van der Waals surface area contributed by atoms with Gasteiger partial charge in [-0.1, -0.05) is 35.0 Å². The van der Waals surface area contributed by atoms with Crippen LogP contribution in [0, 0.1) is 12.8 Å². The minimum absolute atomic E-state index is 0.0805. The molecule has 0 bridgehead atoms. The second-order valence-corrected chi connectivity index (χ2v) is 7.94. The molecule has 2 aromatic carbocycles. The van der Waals surface area contributed by atoms with Crippen LogP contribution in [0.1, 0.15) is 24.0 Å². The lowest BCUT2D eigenvalue weighted by atomic mass is 9.97. The maximum Gasteiger partial charge on any atom is 0.324 e. The molecular formula is C24H28N4O3. The summed E-state index contributed by atoms with van der Waals surface area (Å²) in [6.07, 6.45) is 2.61. The van der Waals surface area contributed by atoms with Crippen LogP contribution in [-0.2, 0) is 11.2 Å². The van der Waals surface area contributed by atoms with Crippen LogP contribution in [0.5, 0.6) is 5.75 Å². The van der Waals surface area contributed by atoms with Gasteiger partial charge in [0.2, 0.25) is 11.7 Å². The van der Waals surface area contributed by atoms with Gasteiger partial charge in [0.15, 0.2) is 0 Å². The van der Waals surface area contributed by atoms with E-state index in [1.807, 2.05) is 29.2 Å². The van der Waals surface area contributed by atoms with Crippen molar-refractivity contribution < 1.29 is 14.1 Å². The lowest BCUT2D eigenvalue weighted by molar-refractivity contribution is -0.125. The molecule has 31 heavy (non-hydrogen) atoms. The van der Waals surface area contributed by atoms with Crippen molar-refractivity contribution >= 4 is 11.9 Å². The van der Waals surface area contributed by atoms with Crippen LogP contribution >= 0.6 is 0 Å². The maximum atomic E-state index is 12.7. The highest BCUT2D eigenvalue weighted by molar-refractivity contribution is 5.79. The molecule has 7 heteroatoms. The van der Waals surface area contributed by atoms with E-state index in [-0.39, 0.29) is 11.8 Å². The van der Waals surface area contributed by atoms with Gasteiger partial charge in [0.25, 0.3) is 0 Å². The maximum absolute atomic E-state index is 12.7. The monoisotopic (exact) mass is 420 g/mol. The number of anilines is 1. The predicted octanol–water partition coefficient (Wildman–Crippen LogP) is 3.63. The van der Waals surface area contributed by atoms with E-state index >= 15 is 0 Å². The molecule has 1 aliphatic heterocycles. The summed E-state index contributed by atoms with van der Waals surface area (Å²) in [6.45, 7) is 4.10. The van der Waals surface area contributed by atoms with Crippen molar-refractivity contribution in [1.29, 1.82) is 0 Å². The Balaban J connectivity index is 1.32. The SMILES string of the molecule is COc1ccc(-c2noc(N3CCC[C@H](C(=O)NCCc4ccc(C)cc4)C3)n2)cc1. The largest absolute Gasteiger partial charge is 0.497 e. The molecule has 1 aromatic heterocycles. The van der Waals surface area contributed by atoms with Crippen LogP contribution in [0.3, 0.4) is 0 Å². The number of benzene rings is 2. The number of carbonyl (C=O) groups excluding carboxylic acids is 1. The Morgan fingerprint density at radius 2 is 1.97 bits per heavy atom. The van der Waals surface area contributed by atoms with Crippen molar-refractivity contribution in [1.82, 2.24) is 15.5 Å². The molecule has 0 saturated carbocycles. The first kappa shape index (κ1) is 20.9. The highest BCUT2D eigenvalue weighted by Crippen LogP contribution is 2.25. The molecular weight excluding hydrogens is 392 g/mol. The first-order valence-corrected chi connectivity index (χ1v) is 10.7. The first-order valence-electron chi connectivity index (χ1n) is 10.7. The van der Waals surface area contributed by atoms with Gasteiger partial charge in [-0.05, 0) is 56.0 Å². The molecule has 1 aliphatic rings. The van der Waals surface area contributed by atoms with Gasteiger partial charge in [0.1, 0.15) is 5.75 Å². The number of rotatable bonds is 7. The van der Waals surface area contributed by atoms with Gasteiger partial charge >= 0.3 is 6.01 Å². The van der Waals surface area contributed by atoms with Crippen molar-refractivity contribution in [3.8, 4) is 17.1 Å². The zero-order valence-electron chi connectivity index (χ0n) is 18.0. The van der Waals surface area contributed by atoms with Crippen LogP contribution in [0.25, 0.3) is 11.4 Å². The zero-order valence-corrected chi connectivity index (χ0v) is 18.0. The zero-order chi connectivity index (χ0) is 21.6. The summed E-state index contributed by atoms with van der Waals surface area (Å²) in [5.41, 5.74) is 3.33. The lowest BCUT2D eigenvalue weighted by Gasteiger charge is -2.30. The molecule has 1 fully saturated rings. The van der Waals surface area contributed by atoms with Crippen molar-refractivity contribution in [3.05, 3.63) is 59.7 Å². The standard InChI is InChI=1S/C24H28N4O3/c1-17-5-7-18(8-6-17)13-14-25-23(29)20-4-3-15-28(16-20)24-26-22(27-31-24)19-9-11-21(30-2)12-10-19/h5-12,20H,3-4,13-16H2,1-2H3,(H,25,29)/t20-/m0/s1. The Bertz CT molecular complexity index is 998. The number of hydrogen-bond acceptors (Lipinski definition) is 6. The molecule has 0 aliphatic carbocycles. The van der Waals surface area contributed by atoms with Gasteiger partial charge < -0.3 is 19.5 Å². The van der Waals surface area contributed by atoms with Crippen LogP contribution in [0.4, 0.5) is 6.01 Å². The third-order valence-corrected chi connectivity index (χ3v) is 5.66. The Labute approximate surface area is 182 Å². The van der Waals surface area contributed by atoms with E-state index < -0.39 is 0 Å². The molecule has 3 aromatic rings. The van der Waals surface area contributed by atoms with E-state index in [0.29, 0.717) is 24.9 Å². The number of aryl methyl sites for hydroxylation is 1. The van der Waals surface area contributed by atoms with Gasteiger partial charge in [-0.25, -0.2) is 0 Å². The minimum Gasteiger partial charge on any atom is -0.497 e. The van der Waals surface area contributed by atoms with Crippen LogP contribution in [0.15, 0.2) is 53.1 Å². The Morgan fingerprint density at radius 1 is 1.19 bits per heavy atom. The molecule has 4 rings (SSSR count). The highest BCUT2D eigenvalue weighted by atomic mass is 16.5. The van der Waals surface area contributed by atoms with Crippen molar-refractivity contribution in [3.63, 3.8) is 0 Å². The topological polar surface area (TPSA) is 80.5 Å². The van der Waals surface area contributed by atoms with Crippen LogP contribution in [-0.4, -0.2) is 42.8 Å². The van der Waals surface area contributed by atoms with E-state index in [2.05, 4.69) is 46.6 Å². The second-order valence-electron chi connectivity index (χ2n) is 7.94. The second kappa shape index (κ2) is 9.64. The van der Waals surface area contributed by atoms with Gasteiger partial charge in [0.05, 0.1) is 13.0 Å². The quantitative estimate of drug-likeness (QED) is 0.629. The molecule has 0 unspecified atom stereocenters. The van der Waals surface area contributed by atoms with Crippen LogP contribution < -0.4 is 15.0 Å². The molecule has 1 atom stereocenters. The number of carbonyl (C=O) groups is 1. The summed E-state index contributed by atoms with van der Waals surface area (Å²) in [7, 11) is 1.63. The first-order chi connectivity index (χ1) is 15.1. The summed E-state index contributed by atoms with van der Waals surface area (Å²) in [4.78, 5) is 19.2. The molecule has 0 spiro atoms. The summed E-state index contributed by atoms with van der Waals surface area (Å²) >= 11 is 0. The van der Waals surface area contributed by atoms with E-state index in [1.165, 1.54) is 11.1 Å². The molecule has 1 saturated heterocycles. The predicted molar refractivity (Wildman–Crippen MR) is 119 cm³/mol. The smallest absolute Gasteiger partial charge is 0.324 e. The number of piperidine rings is 1. The number of methoxy groups -OCH3 is 1. The fourth-order valence-corrected chi connectivity index (χ4v) is 3.80. The lowest BCUT2D eigenvalue weighted by Crippen LogP contribution is -2.43. The van der Waals surface area contributed by atoms with E-state index in [1.54, 1.807) is 7.11 Å². The number of ether oxygens (including phenoxy) is 1. The van der Waals surface area contributed by atoms with Crippen molar-refractivity contribution in [2.24, 2.45) is 5.92 Å². The van der Waals surface area contributed by atoms with Crippen molar-refractivity contribution in [2.45, 2.75) is 26.2 Å². The molecule has 1 amide bonds. The van der Waals surface area contributed by atoms with E-state index in [0.717, 1.165) is 37.1 Å². The minimum atomic E-state index is -0.0805. The average Bonchev–Trinajstić information content (AvgIpc) is 3.31. The summed E-state index contributed by atoms with van der Waals surface area (Å²) in [6, 6.07) is 16.4. The molecule has 7 nitrogen and oxygen atoms in total. The molecule has 2 heterocycles. The van der Waals surface area contributed by atoms with E-state index in [9.17, 15) is 4.79 Å². The fourth-order valence-electron chi connectivity index (χ4n) is 3.80. The van der Waals surface area contributed by atoms with Gasteiger partial charge in [-0.3, -0.25) is 4.79 Å². The Morgan fingerprint density at radius 3 is 2.71 bits per heavy atom. The van der Waals surface area contributed by atoms with Gasteiger partial charge in [0, 0.05) is 25.2 Å². The van der Waals surface area contributed by atoms with E-state index in [4.69, 9.17) is 9.26 Å². The molecule has 162 valence electrons. The molecule has 1 N–H and O–H groups in total.